The Morgan fingerprint density at radius 2 is 1.87 bits per heavy atom. The third kappa shape index (κ3) is 4.92. The van der Waals surface area contributed by atoms with Gasteiger partial charge in [-0.2, -0.15) is 5.26 Å². The van der Waals surface area contributed by atoms with Crippen LogP contribution in [0.1, 0.15) is 19.3 Å². The van der Waals surface area contributed by atoms with Gasteiger partial charge in [-0.1, -0.05) is 29.5 Å². The number of para-hydroxylation sites is 1. The van der Waals surface area contributed by atoms with Gasteiger partial charge in [0, 0.05) is 37.2 Å². The number of aromatic nitrogens is 1. The zero-order valence-electron chi connectivity index (χ0n) is 16.7. The van der Waals surface area contributed by atoms with Gasteiger partial charge in [-0.15, -0.1) is 0 Å². The summed E-state index contributed by atoms with van der Waals surface area (Å²) >= 11 is 1.34. The molecular weight excluding hydrogens is 416 g/mol. The molecule has 0 spiro atoms. The lowest BCUT2D eigenvalue weighted by molar-refractivity contribution is -0.122. The number of thiazole rings is 1. The van der Waals surface area contributed by atoms with Crippen molar-refractivity contribution in [3.8, 4) is 17.6 Å². The lowest BCUT2D eigenvalue weighted by Gasteiger charge is -2.21. The summed E-state index contributed by atoms with van der Waals surface area (Å²) < 4.78 is 12.0. The van der Waals surface area contributed by atoms with Gasteiger partial charge in [-0.25, -0.2) is 4.98 Å². The Hall–Kier alpha value is -3.64. The van der Waals surface area contributed by atoms with E-state index in [1.165, 1.54) is 11.3 Å². The Kier molecular flexibility index (Phi) is 6.29. The molecule has 1 aliphatic heterocycles. The fraction of sp³-hybridized carbons (Fsp3) is 0.273. The third-order valence-corrected chi connectivity index (χ3v) is 5.61. The minimum Gasteiger partial charge on any atom is -0.486 e. The van der Waals surface area contributed by atoms with E-state index in [2.05, 4.69) is 16.4 Å². The van der Waals surface area contributed by atoms with E-state index in [-0.39, 0.29) is 37.6 Å². The molecule has 0 atom stereocenters. The quantitative estimate of drug-likeness (QED) is 0.605. The van der Waals surface area contributed by atoms with E-state index in [4.69, 9.17) is 14.7 Å². The second-order valence-electron chi connectivity index (χ2n) is 6.82. The van der Waals surface area contributed by atoms with Crippen molar-refractivity contribution in [2.75, 3.05) is 30.0 Å². The number of fused-ring (bicyclic) bond motifs is 2. The smallest absolute Gasteiger partial charge is 0.227 e. The highest BCUT2D eigenvalue weighted by Crippen LogP contribution is 2.37. The molecule has 0 saturated carbocycles. The first kappa shape index (κ1) is 20.6. The van der Waals surface area contributed by atoms with E-state index in [0.29, 0.717) is 41.0 Å². The molecule has 0 saturated heterocycles. The standard InChI is InChI=1S/C22H20N4O4S/c23-9-4-10-26(15-5-2-1-3-6-15)21(28)8-7-20(27)25-22-24-16-13-17-18(14-19(16)31-22)30-12-11-29-17/h1-3,5-6,13-14H,4,7-8,10-12H2,(H,24,25,27). The number of nitriles is 1. The Morgan fingerprint density at radius 1 is 1.13 bits per heavy atom. The molecule has 0 fully saturated rings. The highest BCUT2D eigenvalue weighted by molar-refractivity contribution is 7.22. The molecule has 1 aromatic heterocycles. The van der Waals surface area contributed by atoms with Gasteiger partial charge in [0.15, 0.2) is 16.6 Å². The van der Waals surface area contributed by atoms with Crippen molar-refractivity contribution in [2.45, 2.75) is 19.3 Å². The average molecular weight is 436 g/mol. The minimum atomic E-state index is -0.294. The summed E-state index contributed by atoms with van der Waals surface area (Å²) in [6.45, 7) is 1.28. The normalized spacial score (nSPS) is 12.2. The highest BCUT2D eigenvalue weighted by atomic mass is 32.1. The van der Waals surface area contributed by atoms with Crippen molar-refractivity contribution in [2.24, 2.45) is 0 Å². The first-order valence-electron chi connectivity index (χ1n) is 9.86. The van der Waals surface area contributed by atoms with Gasteiger partial charge in [0.2, 0.25) is 11.8 Å². The number of anilines is 2. The molecule has 158 valence electrons. The van der Waals surface area contributed by atoms with Gasteiger partial charge in [-0.05, 0) is 12.1 Å². The molecule has 1 aliphatic rings. The minimum absolute atomic E-state index is 0.0212. The summed E-state index contributed by atoms with van der Waals surface area (Å²) in [5.41, 5.74) is 1.43. The number of hydrogen-bond acceptors (Lipinski definition) is 7. The van der Waals surface area contributed by atoms with E-state index in [1.54, 1.807) is 11.0 Å². The Morgan fingerprint density at radius 3 is 2.61 bits per heavy atom. The summed E-state index contributed by atoms with van der Waals surface area (Å²) in [7, 11) is 0. The molecule has 31 heavy (non-hydrogen) atoms. The van der Waals surface area contributed by atoms with Crippen LogP contribution in [0.3, 0.4) is 0 Å². The molecular formula is C22H20N4O4S. The van der Waals surface area contributed by atoms with Crippen molar-refractivity contribution in [3.05, 3.63) is 42.5 Å². The monoisotopic (exact) mass is 436 g/mol. The molecule has 4 rings (SSSR count). The van der Waals surface area contributed by atoms with Crippen LogP contribution in [0, 0.1) is 11.3 Å². The third-order valence-electron chi connectivity index (χ3n) is 4.68. The van der Waals surface area contributed by atoms with Crippen LogP contribution in [0.5, 0.6) is 11.5 Å². The lowest BCUT2D eigenvalue weighted by atomic mass is 10.2. The van der Waals surface area contributed by atoms with Crippen molar-refractivity contribution in [1.29, 1.82) is 5.26 Å². The van der Waals surface area contributed by atoms with Gasteiger partial charge in [-0.3, -0.25) is 9.59 Å². The van der Waals surface area contributed by atoms with Crippen LogP contribution in [-0.2, 0) is 9.59 Å². The second kappa shape index (κ2) is 9.45. The van der Waals surface area contributed by atoms with Crippen LogP contribution >= 0.6 is 11.3 Å². The summed E-state index contributed by atoms with van der Waals surface area (Å²) in [6, 6.07) is 14.8. The average Bonchev–Trinajstić information content (AvgIpc) is 3.17. The SMILES string of the molecule is N#CCCN(C(=O)CCC(=O)Nc1nc2cc3c(cc2s1)OCCO3)c1ccccc1. The number of nitrogens with zero attached hydrogens (tertiary/aromatic N) is 3. The highest BCUT2D eigenvalue weighted by Gasteiger charge is 2.18. The molecule has 0 radical (unpaired) electrons. The number of hydrogen-bond donors (Lipinski definition) is 1. The summed E-state index contributed by atoms with van der Waals surface area (Å²) in [5, 5.41) is 12.1. The maximum absolute atomic E-state index is 12.7. The van der Waals surface area contributed by atoms with E-state index >= 15 is 0 Å². The van der Waals surface area contributed by atoms with Gasteiger partial charge in [0.05, 0.1) is 22.7 Å². The summed E-state index contributed by atoms with van der Waals surface area (Å²) in [5.74, 6) is 0.816. The molecule has 8 nitrogen and oxygen atoms in total. The molecule has 9 heteroatoms. The molecule has 0 unspecified atom stereocenters. The summed E-state index contributed by atoms with van der Waals surface area (Å²) in [4.78, 5) is 31.1. The van der Waals surface area contributed by atoms with Crippen molar-refractivity contribution in [3.63, 3.8) is 0 Å². The van der Waals surface area contributed by atoms with Gasteiger partial charge in [0.1, 0.15) is 13.2 Å². The predicted molar refractivity (Wildman–Crippen MR) is 117 cm³/mol. The van der Waals surface area contributed by atoms with Crippen molar-refractivity contribution < 1.29 is 19.1 Å². The maximum Gasteiger partial charge on any atom is 0.227 e. The van der Waals surface area contributed by atoms with Gasteiger partial charge < -0.3 is 19.7 Å². The topological polar surface area (TPSA) is 105 Å². The van der Waals surface area contributed by atoms with Crippen LogP contribution in [0.2, 0.25) is 0 Å². The van der Waals surface area contributed by atoms with Crippen LogP contribution < -0.4 is 19.7 Å². The number of nitrogens with one attached hydrogen (secondary N) is 1. The van der Waals surface area contributed by atoms with E-state index < -0.39 is 0 Å². The van der Waals surface area contributed by atoms with Crippen molar-refractivity contribution in [1.82, 2.24) is 4.98 Å². The van der Waals surface area contributed by atoms with Crippen LogP contribution in [0.25, 0.3) is 10.2 Å². The zero-order chi connectivity index (χ0) is 21.6. The number of ether oxygens (including phenoxy) is 2. The number of carbonyl (C=O) groups is 2. The number of benzene rings is 2. The fourth-order valence-electron chi connectivity index (χ4n) is 3.22. The molecule has 0 bridgehead atoms. The largest absolute Gasteiger partial charge is 0.486 e. The predicted octanol–water partition coefficient (Wildman–Crippen LogP) is 3.73. The molecule has 2 amide bonds. The first-order chi connectivity index (χ1) is 15.1. The molecule has 2 heterocycles. The Labute approximate surface area is 183 Å². The van der Waals surface area contributed by atoms with Crippen LogP contribution in [0.15, 0.2) is 42.5 Å². The van der Waals surface area contributed by atoms with Crippen LogP contribution in [-0.4, -0.2) is 36.6 Å². The van der Waals surface area contributed by atoms with E-state index in [1.807, 2.05) is 36.4 Å². The number of amides is 2. The molecule has 2 aromatic carbocycles. The molecule has 0 aliphatic carbocycles. The molecule has 1 N–H and O–H groups in total. The van der Waals surface area contributed by atoms with Crippen LogP contribution in [0.4, 0.5) is 10.8 Å². The fourth-order valence-corrected chi connectivity index (χ4v) is 4.12. The Bertz CT molecular complexity index is 1100. The Balaban J connectivity index is 1.38. The van der Waals surface area contributed by atoms with Crippen molar-refractivity contribution >= 4 is 44.2 Å². The number of rotatable bonds is 7. The summed E-state index contributed by atoms with van der Waals surface area (Å²) in [6.07, 6.45) is 0.274. The molecule has 3 aromatic rings. The zero-order valence-corrected chi connectivity index (χ0v) is 17.5. The van der Waals surface area contributed by atoms with Gasteiger partial charge >= 0.3 is 0 Å². The van der Waals surface area contributed by atoms with Gasteiger partial charge in [0.25, 0.3) is 0 Å². The van der Waals surface area contributed by atoms with E-state index in [9.17, 15) is 9.59 Å². The second-order valence-corrected chi connectivity index (χ2v) is 7.85. The maximum atomic E-state index is 12.7. The number of carbonyl (C=O) groups excluding carboxylic acids is 2. The first-order valence-corrected chi connectivity index (χ1v) is 10.7. The lowest BCUT2D eigenvalue weighted by Crippen LogP contribution is -2.32. The van der Waals surface area contributed by atoms with E-state index in [0.717, 1.165) is 4.70 Å².